The van der Waals surface area contributed by atoms with Crippen molar-refractivity contribution in [3.05, 3.63) is 34.6 Å². The Morgan fingerprint density at radius 3 is 2.47 bits per heavy atom. The second kappa shape index (κ2) is 5.41. The minimum Gasteiger partial charge on any atom is -0.312 e. The summed E-state index contributed by atoms with van der Waals surface area (Å²) in [4.78, 5) is 0. The van der Waals surface area contributed by atoms with Crippen molar-refractivity contribution in [2.75, 3.05) is 6.54 Å². The van der Waals surface area contributed by atoms with Crippen LogP contribution in [0.2, 0.25) is 5.02 Å². The van der Waals surface area contributed by atoms with Crippen molar-refractivity contribution in [3.63, 3.8) is 0 Å². The summed E-state index contributed by atoms with van der Waals surface area (Å²) in [7, 11) is 0. The van der Waals surface area contributed by atoms with Gasteiger partial charge >= 0.3 is 0 Å². The van der Waals surface area contributed by atoms with E-state index in [9.17, 15) is 4.39 Å². The van der Waals surface area contributed by atoms with Crippen LogP contribution >= 0.6 is 11.6 Å². The second-order valence-corrected chi connectivity index (χ2v) is 7.29. The number of benzene rings is 1. The first kappa shape index (κ1) is 14.8. The number of hydrogen-bond acceptors (Lipinski definition) is 1. The van der Waals surface area contributed by atoms with E-state index in [4.69, 9.17) is 11.6 Å². The standard InChI is InChI=1S/C16H23ClFN/c1-15(2,3)19-11-16(7-4-8-16)10-12-5-6-13(17)14(18)9-12/h5-6,9,19H,4,7-8,10-11H2,1-3H3. The molecule has 106 valence electrons. The lowest BCUT2D eigenvalue weighted by atomic mass is 9.65. The second-order valence-electron chi connectivity index (χ2n) is 6.88. The topological polar surface area (TPSA) is 12.0 Å². The fourth-order valence-electron chi connectivity index (χ4n) is 2.63. The molecule has 0 aromatic heterocycles. The Morgan fingerprint density at radius 1 is 1.32 bits per heavy atom. The molecule has 1 aromatic carbocycles. The molecule has 0 spiro atoms. The molecule has 0 aliphatic heterocycles. The van der Waals surface area contributed by atoms with E-state index in [1.165, 1.54) is 19.3 Å². The third-order valence-electron chi connectivity index (χ3n) is 3.97. The van der Waals surface area contributed by atoms with Crippen LogP contribution in [0.5, 0.6) is 0 Å². The molecule has 1 nitrogen and oxygen atoms in total. The zero-order chi connectivity index (χ0) is 14.1. The molecule has 19 heavy (non-hydrogen) atoms. The fraction of sp³-hybridized carbons (Fsp3) is 0.625. The van der Waals surface area contributed by atoms with Gasteiger partial charge in [-0.2, -0.15) is 0 Å². The molecule has 0 unspecified atom stereocenters. The normalized spacial score (nSPS) is 18.2. The van der Waals surface area contributed by atoms with Crippen LogP contribution < -0.4 is 5.32 Å². The molecular formula is C16H23ClFN. The highest BCUT2D eigenvalue weighted by molar-refractivity contribution is 6.30. The smallest absolute Gasteiger partial charge is 0.142 e. The average molecular weight is 284 g/mol. The summed E-state index contributed by atoms with van der Waals surface area (Å²) in [5.41, 5.74) is 1.48. The largest absolute Gasteiger partial charge is 0.312 e. The van der Waals surface area contributed by atoms with E-state index in [-0.39, 0.29) is 16.4 Å². The van der Waals surface area contributed by atoms with Crippen molar-refractivity contribution in [2.24, 2.45) is 5.41 Å². The molecule has 1 fully saturated rings. The summed E-state index contributed by atoms with van der Waals surface area (Å²) in [5.74, 6) is -0.308. The Bertz CT molecular complexity index is 447. The third kappa shape index (κ3) is 3.93. The van der Waals surface area contributed by atoms with Gasteiger partial charge in [0.15, 0.2) is 0 Å². The molecule has 0 bridgehead atoms. The minimum atomic E-state index is -0.308. The number of hydrogen-bond donors (Lipinski definition) is 1. The summed E-state index contributed by atoms with van der Waals surface area (Å²) < 4.78 is 13.5. The van der Waals surface area contributed by atoms with Crippen molar-refractivity contribution < 1.29 is 4.39 Å². The predicted molar refractivity (Wildman–Crippen MR) is 79.2 cm³/mol. The van der Waals surface area contributed by atoms with Crippen LogP contribution in [0.3, 0.4) is 0 Å². The van der Waals surface area contributed by atoms with Gasteiger partial charge in [0.2, 0.25) is 0 Å². The highest BCUT2D eigenvalue weighted by atomic mass is 35.5. The molecule has 1 saturated carbocycles. The Hall–Kier alpha value is -0.600. The van der Waals surface area contributed by atoms with Gasteiger partial charge in [0, 0.05) is 12.1 Å². The molecule has 0 atom stereocenters. The lowest BCUT2D eigenvalue weighted by Gasteiger charge is -2.44. The zero-order valence-corrected chi connectivity index (χ0v) is 12.8. The lowest BCUT2D eigenvalue weighted by molar-refractivity contribution is 0.118. The Labute approximate surface area is 120 Å². The summed E-state index contributed by atoms with van der Waals surface area (Å²) in [6.45, 7) is 7.55. The molecule has 3 heteroatoms. The van der Waals surface area contributed by atoms with E-state index in [1.807, 2.05) is 6.07 Å². The van der Waals surface area contributed by atoms with Crippen molar-refractivity contribution in [1.82, 2.24) is 5.32 Å². The lowest BCUT2D eigenvalue weighted by Crippen LogP contribution is -2.47. The van der Waals surface area contributed by atoms with Crippen LogP contribution in [-0.4, -0.2) is 12.1 Å². The van der Waals surface area contributed by atoms with Crippen molar-refractivity contribution >= 4 is 11.6 Å². The SMILES string of the molecule is CC(C)(C)NCC1(Cc2ccc(Cl)c(F)c2)CCC1. The molecule has 1 aromatic rings. The van der Waals surface area contributed by atoms with Gasteiger partial charge in [-0.25, -0.2) is 4.39 Å². The highest BCUT2D eigenvalue weighted by Gasteiger charge is 2.37. The molecule has 1 aliphatic rings. The van der Waals surface area contributed by atoms with E-state index >= 15 is 0 Å². The Morgan fingerprint density at radius 2 is 2.00 bits per heavy atom. The summed E-state index contributed by atoms with van der Waals surface area (Å²) in [5, 5.41) is 3.80. The van der Waals surface area contributed by atoms with Crippen LogP contribution in [0, 0.1) is 11.2 Å². The quantitative estimate of drug-likeness (QED) is 0.853. The zero-order valence-electron chi connectivity index (χ0n) is 12.0. The minimum absolute atomic E-state index is 0.133. The van der Waals surface area contributed by atoms with Crippen LogP contribution in [-0.2, 0) is 6.42 Å². The molecule has 1 N–H and O–H groups in total. The van der Waals surface area contributed by atoms with Gasteiger partial charge in [-0.05, 0) is 63.1 Å². The van der Waals surface area contributed by atoms with Crippen LogP contribution in [0.1, 0.15) is 45.6 Å². The maximum Gasteiger partial charge on any atom is 0.142 e. The van der Waals surface area contributed by atoms with E-state index in [2.05, 4.69) is 26.1 Å². The van der Waals surface area contributed by atoms with Crippen molar-refractivity contribution in [1.29, 1.82) is 0 Å². The van der Waals surface area contributed by atoms with Gasteiger partial charge in [-0.3, -0.25) is 0 Å². The third-order valence-corrected chi connectivity index (χ3v) is 4.28. The van der Waals surface area contributed by atoms with Gasteiger partial charge in [-0.15, -0.1) is 0 Å². The number of rotatable bonds is 4. The molecule has 0 amide bonds. The van der Waals surface area contributed by atoms with Crippen LogP contribution in [0.15, 0.2) is 18.2 Å². The number of halogens is 2. The monoisotopic (exact) mass is 283 g/mol. The number of nitrogens with one attached hydrogen (secondary N) is 1. The molecular weight excluding hydrogens is 261 g/mol. The van der Waals surface area contributed by atoms with Gasteiger partial charge < -0.3 is 5.32 Å². The van der Waals surface area contributed by atoms with Gasteiger partial charge in [-0.1, -0.05) is 24.1 Å². The first-order valence-corrected chi connectivity index (χ1v) is 7.37. The molecule has 0 radical (unpaired) electrons. The Balaban J connectivity index is 2.03. The van der Waals surface area contributed by atoms with Gasteiger partial charge in [0.05, 0.1) is 5.02 Å². The predicted octanol–water partition coefficient (Wildman–Crippen LogP) is 4.58. The van der Waals surface area contributed by atoms with Crippen LogP contribution in [0.4, 0.5) is 4.39 Å². The first-order chi connectivity index (χ1) is 8.80. The molecule has 1 aliphatic carbocycles. The fourth-order valence-corrected chi connectivity index (χ4v) is 2.75. The van der Waals surface area contributed by atoms with E-state index in [0.29, 0.717) is 5.41 Å². The highest BCUT2D eigenvalue weighted by Crippen LogP contribution is 2.43. The summed E-state index contributed by atoms with van der Waals surface area (Å²) >= 11 is 5.73. The maximum atomic E-state index is 13.5. The van der Waals surface area contributed by atoms with Gasteiger partial charge in [0.25, 0.3) is 0 Å². The maximum absolute atomic E-state index is 13.5. The summed E-state index contributed by atoms with van der Waals surface area (Å²) in [6, 6.07) is 5.19. The van der Waals surface area contributed by atoms with Crippen molar-refractivity contribution in [3.8, 4) is 0 Å². The van der Waals surface area contributed by atoms with Crippen LogP contribution in [0.25, 0.3) is 0 Å². The van der Waals surface area contributed by atoms with E-state index in [0.717, 1.165) is 18.5 Å². The first-order valence-electron chi connectivity index (χ1n) is 6.99. The molecule has 2 rings (SSSR count). The Kier molecular flexibility index (Phi) is 4.22. The summed E-state index contributed by atoms with van der Waals surface area (Å²) in [6.07, 6.45) is 4.66. The molecule has 0 heterocycles. The van der Waals surface area contributed by atoms with Gasteiger partial charge in [0.1, 0.15) is 5.82 Å². The van der Waals surface area contributed by atoms with E-state index < -0.39 is 0 Å². The average Bonchev–Trinajstić information content (AvgIpc) is 2.25. The van der Waals surface area contributed by atoms with E-state index in [1.54, 1.807) is 12.1 Å². The molecule has 0 saturated heterocycles. The van der Waals surface area contributed by atoms with Crippen molar-refractivity contribution in [2.45, 2.75) is 52.0 Å².